The van der Waals surface area contributed by atoms with Gasteiger partial charge in [-0.05, 0) is 26.0 Å². The van der Waals surface area contributed by atoms with Gasteiger partial charge in [0.05, 0.1) is 0 Å². The Morgan fingerprint density at radius 1 is 1.21 bits per heavy atom. The first kappa shape index (κ1) is 10.8. The van der Waals surface area contributed by atoms with Gasteiger partial charge in [0.1, 0.15) is 0 Å². The SMILES string of the molecule is CCC(=O)N(CC)c1ccc(C)cc1. The van der Waals surface area contributed by atoms with Crippen LogP contribution >= 0.6 is 0 Å². The lowest BCUT2D eigenvalue weighted by Gasteiger charge is -2.20. The second kappa shape index (κ2) is 4.80. The maximum absolute atomic E-state index is 11.6. The zero-order chi connectivity index (χ0) is 10.6. The summed E-state index contributed by atoms with van der Waals surface area (Å²) in [4.78, 5) is 13.4. The van der Waals surface area contributed by atoms with Crippen LogP contribution in [0.2, 0.25) is 0 Å². The van der Waals surface area contributed by atoms with Crippen LogP contribution in [0.4, 0.5) is 5.69 Å². The third kappa shape index (κ3) is 2.34. The lowest BCUT2D eigenvalue weighted by Crippen LogP contribution is -2.29. The molecule has 0 bridgehead atoms. The molecular weight excluding hydrogens is 174 g/mol. The number of hydrogen-bond acceptors (Lipinski definition) is 1. The van der Waals surface area contributed by atoms with Gasteiger partial charge in [0, 0.05) is 18.7 Å². The van der Waals surface area contributed by atoms with Crippen molar-refractivity contribution in [2.24, 2.45) is 0 Å². The molecule has 1 aromatic rings. The topological polar surface area (TPSA) is 20.3 Å². The first-order chi connectivity index (χ1) is 6.69. The lowest BCUT2D eigenvalue weighted by atomic mass is 10.2. The molecule has 0 saturated carbocycles. The standard InChI is InChI=1S/C12H17NO/c1-4-12(14)13(5-2)11-8-6-10(3)7-9-11/h6-9H,4-5H2,1-3H3. The number of benzene rings is 1. The summed E-state index contributed by atoms with van der Waals surface area (Å²) in [6.07, 6.45) is 0.557. The van der Waals surface area contributed by atoms with E-state index in [1.165, 1.54) is 5.56 Å². The fourth-order valence-corrected chi connectivity index (χ4v) is 1.42. The van der Waals surface area contributed by atoms with Gasteiger partial charge in [0.2, 0.25) is 5.91 Å². The van der Waals surface area contributed by atoms with Crippen molar-refractivity contribution in [3.63, 3.8) is 0 Å². The van der Waals surface area contributed by atoms with E-state index in [1.807, 2.05) is 45.0 Å². The summed E-state index contributed by atoms with van der Waals surface area (Å²) in [5.74, 6) is 0.177. The van der Waals surface area contributed by atoms with Gasteiger partial charge in [0.15, 0.2) is 0 Å². The van der Waals surface area contributed by atoms with Gasteiger partial charge in [-0.15, -0.1) is 0 Å². The summed E-state index contributed by atoms with van der Waals surface area (Å²) in [5.41, 5.74) is 2.21. The van der Waals surface area contributed by atoms with E-state index in [0.717, 1.165) is 12.2 Å². The summed E-state index contributed by atoms with van der Waals surface area (Å²) >= 11 is 0. The van der Waals surface area contributed by atoms with Gasteiger partial charge >= 0.3 is 0 Å². The van der Waals surface area contributed by atoms with Gasteiger partial charge in [-0.2, -0.15) is 0 Å². The summed E-state index contributed by atoms with van der Waals surface area (Å²) in [7, 11) is 0. The van der Waals surface area contributed by atoms with Crippen molar-refractivity contribution in [2.75, 3.05) is 11.4 Å². The van der Waals surface area contributed by atoms with Crippen LogP contribution in [0.5, 0.6) is 0 Å². The largest absolute Gasteiger partial charge is 0.313 e. The van der Waals surface area contributed by atoms with Gasteiger partial charge in [0.25, 0.3) is 0 Å². The number of carbonyl (C=O) groups is 1. The Morgan fingerprint density at radius 3 is 2.21 bits per heavy atom. The number of amides is 1. The highest BCUT2D eigenvalue weighted by molar-refractivity contribution is 5.93. The molecular formula is C12H17NO. The third-order valence-corrected chi connectivity index (χ3v) is 2.27. The maximum atomic E-state index is 11.6. The van der Waals surface area contributed by atoms with Crippen LogP contribution in [0.1, 0.15) is 25.8 Å². The predicted molar refractivity (Wildman–Crippen MR) is 59.5 cm³/mol. The van der Waals surface area contributed by atoms with Gasteiger partial charge in [-0.25, -0.2) is 0 Å². The monoisotopic (exact) mass is 191 g/mol. The molecule has 2 heteroatoms. The number of anilines is 1. The molecule has 0 aromatic heterocycles. The fourth-order valence-electron chi connectivity index (χ4n) is 1.42. The van der Waals surface area contributed by atoms with Crippen molar-refractivity contribution < 1.29 is 4.79 Å². The Bertz CT molecular complexity index is 303. The zero-order valence-electron chi connectivity index (χ0n) is 9.08. The van der Waals surface area contributed by atoms with Gasteiger partial charge in [-0.3, -0.25) is 4.79 Å². The molecule has 0 atom stereocenters. The van der Waals surface area contributed by atoms with E-state index in [2.05, 4.69) is 0 Å². The van der Waals surface area contributed by atoms with E-state index < -0.39 is 0 Å². The molecule has 1 rings (SSSR count). The van der Waals surface area contributed by atoms with Crippen molar-refractivity contribution in [3.05, 3.63) is 29.8 Å². The van der Waals surface area contributed by atoms with E-state index in [0.29, 0.717) is 6.42 Å². The second-order valence-electron chi connectivity index (χ2n) is 3.33. The maximum Gasteiger partial charge on any atom is 0.226 e. The highest BCUT2D eigenvalue weighted by Crippen LogP contribution is 2.15. The van der Waals surface area contributed by atoms with E-state index >= 15 is 0 Å². The van der Waals surface area contributed by atoms with Crippen LogP contribution in [0.3, 0.4) is 0 Å². The minimum absolute atomic E-state index is 0.177. The molecule has 0 heterocycles. The summed E-state index contributed by atoms with van der Waals surface area (Å²) in [6.45, 7) is 6.66. The van der Waals surface area contributed by atoms with E-state index in [4.69, 9.17) is 0 Å². The molecule has 0 radical (unpaired) electrons. The van der Waals surface area contributed by atoms with E-state index in [-0.39, 0.29) is 5.91 Å². The second-order valence-corrected chi connectivity index (χ2v) is 3.33. The Hall–Kier alpha value is -1.31. The molecule has 0 aliphatic carbocycles. The Kier molecular flexibility index (Phi) is 3.69. The molecule has 0 spiro atoms. The average molecular weight is 191 g/mol. The molecule has 1 amide bonds. The minimum atomic E-state index is 0.177. The van der Waals surface area contributed by atoms with Crippen LogP contribution in [-0.2, 0) is 4.79 Å². The van der Waals surface area contributed by atoms with Crippen molar-refractivity contribution in [1.29, 1.82) is 0 Å². The van der Waals surface area contributed by atoms with Crippen molar-refractivity contribution >= 4 is 11.6 Å². The predicted octanol–water partition coefficient (Wildman–Crippen LogP) is 2.76. The molecule has 0 aliphatic rings. The first-order valence-corrected chi connectivity index (χ1v) is 5.06. The molecule has 0 saturated heterocycles. The Labute approximate surface area is 85.5 Å². The van der Waals surface area contributed by atoms with Crippen LogP contribution in [0.25, 0.3) is 0 Å². The highest BCUT2D eigenvalue weighted by atomic mass is 16.2. The molecule has 76 valence electrons. The van der Waals surface area contributed by atoms with E-state index in [9.17, 15) is 4.79 Å². The van der Waals surface area contributed by atoms with Gasteiger partial charge < -0.3 is 4.90 Å². The number of hydrogen-bond donors (Lipinski definition) is 0. The zero-order valence-corrected chi connectivity index (χ0v) is 9.08. The van der Waals surface area contributed by atoms with Crippen LogP contribution in [-0.4, -0.2) is 12.5 Å². The number of nitrogens with zero attached hydrogens (tertiary/aromatic N) is 1. The smallest absolute Gasteiger partial charge is 0.226 e. The summed E-state index contributed by atoms with van der Waals surface area (Å²) in [5, 5.41) is 0. The number of aryl methyl sites for hydroxylation is 1. The third-order valence-electron chi connectivity index (χ3n) is 2.27. The summed E-state index contributed by atoms with van der Waals surface area (Å²) in [6, 6.07) is 8.04. The van der Waals surface area contributed by atoms with Gasteiger partial charge in [-0.1, -0.05) is 24.6 Å². The molecule has 14 heavy (non-hydrogen) atoms. The first-order valence-electron chi connectivity index (χ1n) is 5.06. The average Bonchev–Trinajstić information content (AvgIpc) is 2.21. The van der Waals surface area contributed by atoms with Crippen molar-refractivity contribution in [3.8, 4) is 0 Å². The molecule has 0 unspecified atom stereocenters. The van der Waals surface area contributed by atoms with E-state index in [1.54, 1.807) is 4.90 Å². The minimum Gasteiger partial charge on any atom is -0.313 e. The normalized spacial score (nSPS) is 9.93. The van der Waals surface area contributed by atoms with Crippen LogP contribution in [0, 0.1) is 6.92 Å². The van der Waals surface area contributed by atoms with Crippen LogP contribution in [0.15, 0.2) is 24.3 Å². The Balaban J connectivity index is 2.89. The highest BCUT2D eigenvalue weighted by Gasteiger charge is 2.10. The quantitative estimate of drug-likeness (QED) is 0.719. The lowest BCUT2D eigenvalue weighted by molar-refractivity contribution is -0.118. The molecule has 0 fully saturated rings. The molecule has 1 aromatic carbocycles. The van der Waals surface area contributed by atoms with Crippen molar-refractivity contribution in [1.82, 2.24) is 0 Å². The van der Waals surface area contributed by atoms with Crippen molar-refractivity contribution in [2.45, 2.75) is 27.2 Å². The summed E-state index contributed by atoms with van der Waals surface area (Å²) < 4.78 is 0. The molecule has 2 nitrogen and oxygen atoms in total. The fraction of sp³-hybridized carbons (Fsp3) is 0.417. The molecule has 0 N–H and O–H groups in total. The number of rotatable bonds is 3. The Morgan fingerprint density at radius 2 is 1.79 bits per heavy atom. The van der Waals surface area contributed by atoms with Crippen LogP contribution < -0.4 is 4.90 Å². The number of carbonyl (C=O) groups excluding carboxylic acids is 1. The molecule has 0 aliphatic heterocycles.